The minimum Gasteiger partial charge on any atom is -0.384 e. The number of nitrogen functional groups attached to an aromatic ring is 1. The predicted molar refractivity (Wildman–Crippen MR) is 70.3 cm³/mol. The Labute approximate surface area is 101 Å². The van der Waals surface area contributed by atoms with Crippen molar-refractivity contribution in [3.05, 3.63) is 34.9 Å². The summed E-state index contributed by atoms with van der Waals surface area (Å²) in [5.41, 5.74) is 8.01. The van der Waals surface area contributed by atoms with Gasteiger partial charge in [0.1, 0.15) is 5.82 Å². The molecule has 0 aliphatic carbocycles. The lowest BCUT2D eigenvalue weighted by atomic mass is 10.2. The van der Waals surface area contributed by atoms with E-state index in [-0.39, 0.29) is 0 Å². The first-order valence-corrected chi connectivity index (χ1v) is 5.76. The van der Waals surface area contributed by atoms with Crippen molar-refractivity contribution in [3.63, 3.8) is 0 Å². The molecule has 0 saturated heterocycles. The highest BCUT2D eigenvalue weighted by atomic mass is 79.9. The fraction of sp³-hybridized carbons (Fsp3) is 0.0833. The lowest BCUT2D eigenvalue weighted by molar-refractivity contribution is 1.01. The Balaban J connectivity index is 2.66. The van der Waals surface area contributed by atoms with Gasteiger partial charge < -0.3 is 10.3 Å². The quantitative estimate of drug-likeness (QED) is 0.685. The molecule has 0 aliphatic rings. The third kappa shape index (κ3) is 1.16. The van der Waals surface area contributed by atoms with E-state index in [2.05, 4.69) is 31.5 Å². The van der Waals surface area contributed by atoms with Crippen molar-refractivity contribution < 1.29 is 0 Å². The number of fused-ring (bicyclic) bond motifs is 3. The molecule has 3 nitrogen and oxygen atoms in total. The maximum absolute atomic E-state index is 5.74. The molecule has 1 aromatic carbocycles. The van der Waals surface area contributed by atoms with Crippen molar-refractivity contribution in [1.29, 1.82) is 0 Å². The van der Waals surface area contributed by atoms with Gasteiger partial charge in [0.15, 0.2) is 0 Å². The highest BCUT2D eigenvalue weighted by Crippen LogP contribution is 2.33. The minimum atomic E-state index is 0.552. The molecule has 0 atom stereocenters. The average molecular weight is 276 g/mol. The van der Waals surface area contributed by atoms with Gasteiger partial charge in [0.25, 0.3) is 0 Å². The van der Waals surface area contributed by atoms with E-state index < -0.39 is 0 Å². The zero-order valence-corrected chi connectivity index (χ0v) is 10.3. The van der Waals surface area contributed by atoms with Gasteiger partial charge in [-0.1, -0.05) is 22.0 Å². The van der Waals surface area contributed by atoms with Crippen LogP contribution in [-0.2, 0) is 7.05 Å². The summed E-state index contributed by atoms with van der Waals surface area (Å²) in [7, 11) is 2.04. The Morgan fingerprint density at radius 2 is 2.12 bits per heavy atom. The Morgan fingerprint density at radius 1 is 1.31 bits per heavy atom. The Hall–Kier alpha value is -1.55. The van der Waals surface area contributed by atoms with E-state index in [0.29, 0.717) is 5.82 Å². The number of hydrogen-bond donors (Lipinski definition) is 1. The van der Waals surface area contributed by atoms with Crippen molar-refractivity contribution in [3.8, 4) is 0 Å². The van der Waals surface area contributed by atoms with E-state index in [4.69, 9.17) is 5.73 Å². The second-order valence-electron chi connectivity index (χ2n) is 3.82. The topological polar surface area (TPSA) is 43.8 Å². The summed E-state index contributed by atoms with van der Waals surface area (Å²) in [4.78, 5) is 4.13. The summed E-state index contributed by atoms with van der Waals surface area (Å²) >= 11 is 3.58. The number of pyridine rings is 1. The van der Waals surface area contributed by atoms with Crippen LogP contribution in [0.15, 0.2) is 34.9 Å². The average Bonchev–Trinajstić information content (AvgIpc) is 2.54. The second kappa shape index (κ2) is 3.22. The summed E-state index contributed by atoms with van der Waals surface area (Å²) in [5.74, 6) is 0.552. The molecule has 3 aromatic rings. The monoisotopic (exact) mass is 275 g/mol. The molecule has 4 heteroatoms. The van der Waals surface area contributed by atoms with E-state index in [9.17, 15) is 0 Å². The molecule has 0 bridgehead atoms. The molecule has 3 rings (SSSR count). The van der Waals surface area contributed by atoms with Gasteiger partial charge in [-0.25, -0.2) is 4.98 Å². The maximum atomic E-state index is 5.74. The summed E-state index contributed by atoms with van der Waals surface area (Å²) in [6.07, 6.45) is 1.82. The Morgan fingerprint density at radius 3 is 2.94 bits per heavy atom. The number of nitrogens with zero attached hydrogens (tertiary/aromatic N) is 2. The van der Waals surface area contributed by atoms with E-state index in [1.165, 1.54) is 10.9 Å². The third-order valence-corrected chi connectivity index (χ3v) is 3.55. The number of benzene rings is 1. The number of aryl methyl sites for hydroxylation is 1. The van der Waals surface area contributed by atoms with Crippen LogP contribution < -0.4 is 5.73 Å². The summed E-state index contributed by atoms with van der Waals surface area (Å²) in [6.45, 7) is 0. The molecule has 0 saturated carbocycles. The van der Waals surface area contributed by atoms with E-state index in [0.717, 1.165) is 15.4 Å². The number of nitrogens with two attached hydrogens (primary N) is 1. The SMILES string of the molecule is Cn1c2cnc(N)cc2c2c(Br)cccc21. The number of anilines is 1. The van der Waals surface area contributed by atoms with Crippen molar-refractivity contribution in [2.75, 3.05) is 5.73 Å². The molecular weight excluding hydrogens is 266 g/mol. The largest absolute Gasteiger partial charge is 0.384 e. The van der Waals surface area contributed by atoms with Gasteiger partial charge in [-0.2, -0.15) is 0 Å². The zero-order valence-electron chi connectivity index (χ0n) is 8.74. The van der Waals surface area contributed by atoms with Crippen LogP contribution in [0.3, 0.4) is 0 Å². The zero-order chi connectivity index (χ0) is 11.3. The van der Waals surface area contributed by atoms with Crippen LogP contribution in [0.2, 0.25) is 0 Å². The van der Waals surface area contributed by atoms with Crippen LogP contribution in [0.5, 0.6) is 0 Å². The van der Waals surface area contributed by atoms with Gasteiger partial charge in [0.2, 0.25) is 0 Å². The van der Waals surface area contributed by atoms with Gasteiger partial charge in [-0.15, -0.1) is 0 Å². The fourth-order valence-corrected chi connectivity index (χ4v) is 2.69. The fourth-order valence-electron chi connectivity index (χ4n) is 2.12. The Bertz CT molecular complexity index is 700. The molecular formula is C12H10BrN3. The summed E-state index contributed by atoms with van der Waals surface area (Å²) < 4.78 is 3.21. The van der Waals surface area contributed by atoms with Crippen molar-refractivity contribution >= 4 is 43.6 Å². The molecule has 2 N–H and O–H groups in total. The van der Waals surface area contributed by atoms with Crippen LogP contribution in [0.25, 0.3) is 21.8 Å². The first-order valence-electron chi connectivity index (χ1n) is 4.96. The smallest absolute Gasteiger partial charge is 0.124 e. The summed E-state index contributed by atoms with van der Waals surface area (Å²) in [5, 5.41) is 2.33. The van der Waals surface area contributed by atoms with Gasteiger partial charge >= 0.3 is 0 Å². The van der Waals surface area contributed by atoms with Crippen molar-refractivity contribution in [2.45, 2.75) is 0 Å². The van der Waals surface area contributed by atoms with Crippen LogP contribution in [-0.4, -0.2) is 9.55 Å². The number of rotatable bonds is 0. The van der Waals surface area contributed by atoms with E-state index in [1.54, 1.807) is 0 Å². The van der Waals surface area contributed by atoms with Gasteiger partial charge in [-0.05, 0) is 18.2 Å². The summed E-state index contributed by atoms with van der Waals surface area (Å²) in [6, 6.07) is 8.08. The predicted octanol–water partition coefficient (Wildman–Crippen LogP) is 3.07. The molecule has 16 heavy (non-hydrogen) atoms. The molecule has 0 unspecified atom stereocenters. The lowest BCUT2D eigenvalue weighted by Gasteiger charge is -1.97. The molecule has 0 amide bonds. The Kier molecular flexibility index (Phi) is 1.94. The highest BCUT2D eigenvalue weighted by Gasteiger charge is 2.10. The van der Waals surface area contributed by atoms with Crippen molar-refractivity contribution in [1.82, 2.24) is 9.55 Å². The third-order valence-electron chi connectivity index (χ3n) is 2.89. The number of halogens is 1. The molecule has 2 aromatic heterocycles. The molecule has 2 heterocycles. The van der Waals surface area contributed by atoms with Gasteiger partial charge in [0, 0.05) is 22.3 Å². The lowest BCUT2D eigenvalue weighted by Crippen LogP contribution is -1.90. The molecule has 0 fully saturated rings. The highest BCUT2D eigenvalue weighted by molar-refractivity contribution is 9.10. The second-order valence-corrected chi connectivity index (χ2v) is 4.67. The first-order chi connectivity index (χ1) is 7.68. The van der Waals surface area contributed by atoms with Gasteiger partial charge in [-0.3, -0.25) is 0 Å². The minimum absolute atomic E-state index is 0.552. The standard InChI is InChI=1S/C12H10BrN3/c1-16-9-4-2-3-8(13)12(9)7-5-11(14)15-6-10(7)16/h2-6H,1H3,(H2,14,15). The van der Waals surface area contributed by atoms with Crippen LogP contribution in [0, 0.1) is 0 Å². The molecule has 80 valence electrons. The molecule has 0 aliphatic heterocycles. The van der Waals surface area contributed by atoms with Crippen LogP contribution >= 0.6 is 15.9 Å². The number of aromatic nitrogens is 2. The van der Waals surface area contributed by atoms with E-state index >= 15 is 0 Å². The van der Waals surface area contributed by atoms with Crippen LogP contribution in [0.1, 0.15) is 0 Å². The first kappa shape index (κ1) is 9.66. The maximum Gasteiger partial charge on any atom is 0.124 e. The van der Waals surface area contributed by atoms with Gasteiger partial charge in [0.05, 0.1) is 17.2 Å². The number of hydrogen-bond acceptors (Lipinski definition) is 2. The van der Waals surface area contributed by atoms with Crippen molar-refractivity contribution in [2.24, 2.45) is 7.05 Å². The normalized spacial score (nSPS) is 11.4. The van der Waals surface area contributed by atoms with E-state index in [1.807, 2.05) is 31.4 Å². The molecule has 0 radical (unpaired) electrons. The molecule has 0 spiro atoms. The van der Waals surface area contributed by atoms with Crippen LogP contribution in [0.4, 0.5) is 5.82 Å².